The number of carbonyl (C=O) groups is 1. The quantitative estimate of drug-likeness (QED) is 0.335. The summed E-state index contributed by atoms with van der Waals surface area (Å²) < 4.78 is 20.2. The first-order valence-electron chi connectivity index (χ1n) is 11.0. The number of nitrogens with one attached hydrogen (secondary N) is 4. The molecule has 1 saturated carbocycles. The number of hydrogen-bond acceptors (Lipinski definition) is 6. The summed E-state index contributed by atoms with van der Waals surface area (Å²) in [5.41, 5.74) is 1.51. The Morgan fingerprint density at radius 2 is 2.25 bits per heavy atom. The highest BCUT2D eigenvalue weighted by atomic mass is 19.1. The maximum Gasteiger partial charge on any atom is 0.228 e. The molecular formula is C23H32FN5O3. The summed E-state index contributed by atoms with van der Waals surface area (Å²) in [5, 5.41) is 29.9. The molecule has 1 heterocycles. The largest absolute Gasteiger partial charge is 0.394 e. The lowest BCUT2D eigenvalue weighted by molar-refractivity contribution is -0.126. The second-order valence-electron chi connectivity index (χ2n) is 8.18. The molecule has 1 aromatic rings. The van der Waals surface area contributed by atoms with E-state index in [9.17, 15) is 14.3 Å². The molecule has 5 N–H and O–H groups in total. The molecule has 2 unspecified atom stereocenters. The minimum absolute atomic E-state index is 0.267. The molecule has 0 bridgehead atoms. The van der Waals surface area contributed by atoms with E-state index in [1.54, 1.807) is 18.4 Å². The van der Waals surface area contributed by atoms with Crippen LogP contribution in [-0.2, 0) is 9.53 Å². The van der Waals surface area contributed by atoms with Gasteiger partial charge in [-0.1, -0.05) is 25.0 Å². The number of carbonyl (C=O) groups excluding carboxylic acids is 1. The number of aliphatic hydroxyl groups is 1. The van der Waals surface area contributed by atoms with Gasteiger partial charge in [-0.15, -0.1) is 0 Å². The summed E-state index contributed by atoms with van der Waals surface area (Å²) in [6.07, 6.45) is 12.7. The van der Waals surface area contributed by atoms with Gasteiger partial charge in [0.15, 0.2) is 0 Å². The van der Waals surface area contributed by atoms with Crippen LogP contribution in [0.25, 0.3) is 0 Å². The van der Waals surface area contributed by atoms with Crippen LogP contribution in [0.1, 0.15) is 48.9 Å². The Balaban J connectivity index is 1.76. The van der Waals surface area contributed by atoms with Crippen LogP contribution in [0.5, 0.6) is 0 Å². The number of aromatic nitrogens is 2. The summed E-state index contributed by atoms with van der Waals surface area (Å²) >= 11 is 0. The molecule has 4 atom stereocenters. The zero-order valence-electron chi connectivity index (χ0n) is 18.3. The Hall–Kier alpha value is -2.78. The lowest BCUT2D eigenvalue weighted by atomic mass is 9.83. The summed E-state index contributed by atoms with van der Waals surface area (Å²) in [4.78, 5) is 13.2. The van der Waals surface area contributed by atoms with E-state index >= 15 is 0 Å². The number of allylic oxidation sites excluding steroid dienone is 4. The Labute approximate surface area is 187 Å². The van der Waals surface area contributed by atoms with Gasteiger partial charge in [-0.3, -0.25) is 9.89 Å². The third-order valence-electron chi connectivity index (χ3n) is 6.17. The van der Waals surface area contributed by atoms with Crippen molar-refractivity contribution in [1.82, 2.24) is 20.8 Å². The van der Waals surface area contributed by atoms with E-state index in [-0.39, 0.29) is 19.1 Å². The van der Waals surface area contributed by atoms with Gasteiger partial charge in [0.25, 0.3) is 0 Å². The zero-order valence-corrected chi connectivity index (χ0v) is 18.3. The Morgan fingerprint density at radius 1 is 1.47 bits per heavy atom. The maximum absolute atomic E-state index is 14.9. The molecule has 3 rings (SSSR count). The van der Waals surface area contributed by atoms with Gasteiger partial charge in [0.1, 0.15) is 11.9 Å². The third kappa shape index (κ3) is 5.72. The molecule has 174 valence electrons. The average Bonchev–Trinajstić information content (AvgIpc) is 3.49. The Kier molecular flexibility index (Phi) is 8.75. The van der Waals surface area contributed by atoms with E-state index in [1.807, 2.05) is 6.07 Å². The topological polar surface area (TPSA) is 123 Å². The first kappa shape index (κ1) is 23.9. The van der Waals surface area contributed by atoms with Crippen LogP contribution in [-0.4, -0.2) is 59.8 Å². The molecule has 2 aliphatic rings. The molecule has 1 fully saturated rings. The predicted molar refractivity (Wildman–Crippen MR) is 120 cm³/mol. The molecule has 0 aromatic carbocycles. The van der Waals surface area contributed by atoms with Crippen LogP contribution in [0.2, 0.25) is 0 Å². The standard InChI is InChI=1S/C23H32FN5O3/c1-32-21(14-30)20(13-26-11-5-10-25)27-23(31)16-8-4-9-17(24)22(16)19-12-18(28-29-19)15-6-2-3-7-15/h4-5,8-12,15-16,20-22,25-26,30H,2-3,6-7,13-14H2,1H3,(H,27,31)(H,28,29)/b11-5-,25-10?/t16?,20-,21-,22?/m1/s1. The van der Waals surface area contributed by atoms with Crippen LogP contribution in [0.4, 0.5) is 4.39 Å². The van der Waals surface area contributed by atoms with Gasteiger partial charge in [-0.05, 0) is 37.3 Å². The van der Waals surface area contributed by atoms with E-state index in [2.05, 4.69) is 20.8 Å². The molecule has 0 radical (unpaired) electrons. The van der Waals surface area contributed by atoms with Crippen molar-refractivity contribution in [2.75, 3.05) is 20.3 Å². The van der Waals surface area contributed by atoms with Gasteiger partial charge in [0.05, 0.1) is 30.2 Å². The number of rotatable bonds is 11. The number of amides is 1. The van der Waals surface area contributed by atoms with E-state index in [0.29, 0.717) is 11.6 Å². The highest BCUT2D eigenvalue weighted by Gasteiger charge is 2.36. The minimum Gasteiger partial charge on any atom is -0.394 e. The number of aliphatic hydroxyl groups excluding tert-OH is 1. The average molecular weight is 446 g/mol. The van der Waals surface area contributed by atoms with Crippen LogP contribution in [0, 0.1) is 11.3 Å². The van der Waals surface area contributed by atoms with Gasteiger partial charge in [0, 0.05) is 31.5 Å². The van der Waals surface area contributed by atoms with Crippen molar-refractivity contribution < 1.29 is 19.0 Å². The smallest absolute Gasteiger partial charge is 0.228 e. The fourth-order valence-corrected chi connectivity index (χ4v) is 4.41. The number of aromatic amines is 1. The normalized spacial score (nSPS) is 23.2. The molecule has 9 heteroatoms. The van der Waals surface area contributed by atoms with Crippen LogP contribution < -0.4 is 10.6 Å². The van der Waals surface area contributed by atoms with Crippen molar-refractivity contribution in [2.24, 2.45) is 5.92 Å². The van der Waals surface area contributed by atoms with E-state index in [1.165, 1.54) is 32.1 Å². The predicted octanol–water partition coefficient (Wildman–Crippen LogP) is 2.44. The van der Waals surface area contributed by atoms with Gasteiger partial charge < -0.3 is 25.9 Å². The molecule has 1 amide bonds. The number of hydrogen-bond donors (Lipinski definition) is 5. The molecule has 1 aromatic heterocycles. The lowest BCUT2D eigenvalue weighted by Crippen LogP contribution is -2.52. The summed E-state index contributed by atoms with van der Waals surface area (Å²) in [6, 6.07) is 1.32. The molecule has 2 aliphatic carbocycles. The zero-order chi connectivity index (χ0) is 22.9. The molecule has 8 nitrogen and oxygen atoms in total. The summed E-state index contributed by atoms with van der Waals surface area (Å²) in [7, 11) is 1.45. The van der Waals surface area contributed by atoms with E-state index < -0.39 is 29.8 Å². The number of ether oxygens (including phenoxy) is 1. The highest BCUT2D eigenvalue weighted by molar-refractivity contribution is 5.83. The number of nitrogens with zero attached hydrogens (tertiary/aromatic N) is 1. The fraction of sp³-hybridized carbons (Fsp3) is 0.522. The van der Waals surface area contributed by atoms with E-state index in [0.717, 1.165) is 24.8 Å². The second kappa shape index (κ2) is 11.7. The fourth-order valence-electron chi connectivity index (χ4n) is 4.41. The van der Waals surface area contributed by atoms with Crippen molar-refractivity contribution in [3.63, 3.8) is 0 Å². The first-order chi connectivity index (χ1) is 15.6. The van der Waals surface area contributed by atoms with Crippen LogP contribution in [0.3, 0.4) is 0 Å². The number of halogens is 1. The van der Waals surface area contributed by atoms with Crippen molar-refractivity contribution in [3.8, 4) is 0 Å². The van der Waals surface area contributed by atoms with Crippen molar-refractivity contribution >= 4 is 12.1 Å². The van der Waals surface area contributed by atoms with Gasteiger partial charge in [0.2, 0.25) is 5.91 Å². The molecule has 0 saturated heterocycles. The molecule has 0 aliphatic heterocycles. The summed E-state index contributed by atoms with van der Waals surface area (Å²) in [6.45, 7) is -0.0253. The van der Waals surface area contributed by atoms with Crippen molar-refractivity contribution in [2.45, 2.75) is 49.7 Å². The summed E-state index contributed by atoms with van der Waals surface area (Å²) in [5.74, 6) is -1.97. The van der Waals surface area contributed by atoms with Gasteiger partial charge in [-0.25, -0.2) is 4.39 Å². The van der Waals surface area contributed by atoms with Gasteiger partial charge >= 0.3 is 0 Å². The highest BCUT2D eigenvalue weighted by Crippen LogP contribution is 2.39. The Bertz CT molecular complexity index is 856. The first-order valence-corrected chi connectivity index (χ1v) is 11.0. The van der Waals surface area contributed by atoms with Crippen LogP contribution in [0.15, 0.2) is 42.4 Å². The second-order valence-corrected chi connectivity index (χ2v) is 8.18. The van der Waals surface area contributed by atoms with Gasteiger partial charge in [-0.2, -0.15) is 5.10 Å². The third-order valence-corrected chi connectivity index (χ3v) is 6.17. The number of methoxy groups -OCH3 is 1. The minimum atomic E-state index is -0.812. The Morgan fingerprint density at radius 3 is 2.94 bits per heavy atom. The number of H-pyrrole nitrogens is 1. The SMILES string of the molecule is CO[C@H](CO)[C@@H](CN/C=C\C=N)NC(=O)C1C=CC=C(F)C1c1cc(C2CCCC2)[nH]n1. The monoisotopic (exact) mass is 445 g/mol. The maximum atomic E-state index is 14.9. The molecule has 32 heavy (non-hydrogen) atoms. The molecular weight excluding hydrogens is 413 g/mol. The van der Waals surface area contributed by atoms with Crippen LogP contribution >= 0.6 is 0 Å². The molecule has 0 spiro atoms. The van der Waals surface area contributed by atoms with Crippen molar-refractivity contribution in [1.29, 1.82) is 5.41 Å². The lowest BCUT2D eigenvalue weighted by Gasteiger charge is -2.29. The van der Waals surface area contributed by atoms with E-state index in [4.69, 9.17) is 10.1 Å². The van der Waals surface area contributed by atoms with Crippen molar-refractivity contribution in [3.05, 3.63) is 53.8 Å².